The summed E-state index contributed by atoms with van der Waals surface area (Å²) in [5, 5.41) is 0. The molecule has 0 saturated carbocycles. The molecule has 0 aliphatic rings. The summed E-state index contributed by atoms with van der Waals surface area (Å²) < 4.78 is 15.3. The molecule has 98 valence electrons. The van der Waals surface area contributed by atoms with Gasteiger partial charge < -0.3 is 13.9 Å². The molecule has 0 heterocycles. The second-order valence-electron chi connectivity index (χ2n) is 4.52. The molecule has 0 rings (SSSR count). The molecular formula is C11H21NO4Si. The van der Waals surface area contributed by atoms with E-state index < -0.39 is 20.5 Å². The summed E-state index contributed by atoms with van der Waals surface area (Å²) in [5.74, 6) is 4.56. The number of ether oxygens (including phenoxy) is 2. The maximum absolute atomic E-state index is 11.0. The summed E-state index contributed by atoms with van der Waals surface area (Å²) >= 11 is 0. The third-order valence-electron chi connectivity index (χ3n) is 1.68. The van der Waals surface area contributed by atoms with Crippen LogP contribution < -0.4 is 0 Å². The second kappa shape index (κ2) is 7.45. The van der Waals surface area contributed by atoms with Gasteiger partial charge in [0.2, 0.25) is 0 Å². The Morgan fingerprint density at radius 1 is 1.35 bits per heavy atom. The largest absolute Gasteiger partial charge is 0.459 e. The van der Waals surface area contributed by atoms with Crippen LogP contribution in [0.15, 0.2) is 0 Å². The van der Waals surface area contributed by atoms with Gasteiger partial charge in [-0.15, -0.1) is 0 Å². The highest BCUT2D eigenvalue weighted by Crippen LogP contribution is 2.09. The number of rotatable bonds is 5. The first-order chi connectivity index (χ1) is 7.80. The second-order valence-corrected chi connectivity index (χ2v) is 8.98. The molecule has 0 aromatic carbocycles. The third kappa shape index (κ3) is 7.93. The van der Waals surface area contributed by atoms with Crippen molar-refractivity contribution in [3.8, 4) is 11.8 Å². The molecule has 0 radical (unpaired) electrons. The van der Waals surface area contributed by atoms with Crippen LogP contribution in [0.5, 0.6) is 0 Å². The topological polar surface area (TPSA) is 48.0 Å². The molecule has 0 bridgehead atoms. The average molecular weight is 259 g/mol. The highest BCUT2D eigenvalue weighted by Gasteiger charge is 2.22. The molecule has 5 nitrogen and oxygen atoms in total. The zero-order chi connectivity index (χ0) is 13.5. The van der Waals surface area contributed by atoms with Crippen LogP contribution in [0, 0.1) is 11.8 Å². The molecular weight excluding hydrogens is 238 g/mol. The van der Waals surface area contributed by atoms with E-state index in [2.05, 4.69) is 36.2 Å². The Labute approximate surface area is 104 Å². The maximum Gasteiger partial charge on any atom is 0.384 e. The lowest BCUT2D eigenvalue weighted by Crippen LogP contribution is -2.42. The smallest absolute Gasteiger partial charge is 0.384 e. The highest BCUT2D eigenvalue weighted by molar-refractivity contribution is 6.69. The van der Waals surface area contributed by atoms with Gasteiger partial charge in [-0.25, -0.2) is 9.69 Å². The summed E-state index contributed by atoms with van der Waals surface area (Å²) in [6.07, 6.45) is -0.458. The maximum atomic E-state index is 11.0. The molecule has 17 heavy (non-hydrogen) atoms. The molecule has 1 atom stereocenters. The van der Waals surface area contributed by atoms with Crippen molar-refractivity contribution >= 4 is 14.3 Å². The van der Waals surface area contributed by atoms with E-state index in [0.717, 1.165) is 0 Å². The molecule has 0 amide bonds. The number of carbonyl (C=O) groups excluding carboxylic acids is 1. The molecule has 0 aliphatic carbocycles. The van der Waals surface area contributed by atoms with Crippen molar-refractivity contribution in [3.05, 3.63) is 0 Å². The Morgan fingerprint density at radius 3 is 2.35 bits per heavy atom. The lowest BCUT2D eigenvalue weighted by Gasteiger charge is -2.29. The van der Waals surface area contributed by atoms with E-state index in [0.29, 0.717) is 6.73 Å². The molecule has 0 N–H and O–H groups in total. The minimum absolute atomic E-state index is 0.380. The fraction of sp³-hybridized carbons (Fsp3) is 0.727. The van der Waals surface area contributed by atoms with Crippen molar-refractivity contribution in [1.29, 1.82) is 0 Å². The number of hydrogen-bond acceptors (Lipinski definition) is 5. The third-order valence-corrected chi connectivity index (χ3v) is 2.61. The Morgan fingerprint density at radius 2 is 1.94 bits per heavy atom. The minimum Gasteiger partial charge on any atom is -0.459 e. The molecule has 6 heteroatoms. The van der Waals surface area contributed by atoms with E-state index in [1.807, 2.05) is 7.05 Å². The zero-order valence-corrected chi connectivity index (χ0v) is 12.4. The molecule has 0 spiro atoms. The standard InChI is InChI=1S/C11H21NO4Si/c1-12(9-14-2)10(16-17(4,5)6)7-8-11(13)15-3/h10H,9H2,1-6H3. The fourth-order valence-corrected chi connectivity index (χ4v) is 1.92. The Balaban J connectivity index is 4.71. The van der Waals surface area contributed by atoms with Crippen LogP contribution in [0.1, 0.15) is 0 Å². The van der Waals surface area contributed by atoms with Crippen LogP contribution in [-0.2, 0) is 18.7 Å². The first-order valence-electron chi connectivity index (χ1n) is 5.26. The Kier molecular flexibility index (Phi) is 7.07. The predicted molar refractivity (Wildman–Crippen MR) is 67.7 cm³/mol. The number of nitrogens with zero attached hydrogens (tertiary/aromatic N) is 1. The lowest BCUT2D eigenvalue weighted by atomic mass is 10.5. The van der Waals surface area contributed by atoms with Crippen LogP contribution in [0.3, 0.4) is 0 Å². The molecule has 0 aromatic heterocycles. The van der Waals surface area contributed by atoms with E-state index in [1.165, 1.54) is 7.11 Å². The van der Waals surface area contributed by atoms with E-state index in [4.69, 9.17) is 9.16 Å². The number of carbonyl (C=O) groups is 1. The van der Waals surface area contributed by atoms with Gasteiger partial charge in [-0.1, -0.05) is 0 Å². The van der Waals surface area contributed by atoms with Gasteiger partial charge in [0.15, 0.2) is 14.5 Å². The lowest BCUT2D eigenvalue weighted by molar-refractivity contribution is -0.133. The molecule has 0 fully saturated rings. The molecule has 1 unspecified atom stereocenters. The van der Waals surface area contributed by atoms with Crippen molar-refractivity contribution in [2.75, 3.05) is 28.0 Å². The van der Waals surface area contributed by atoms with Gasteiger partial charge in [0.05, 0.1) is 7.11 Å². The first kappa shape index (κ1) is 16.1. The predicted octanol–water partition coefficient (Wildman–Crippen LogP) is 0.876. The van der Waals surface area contributed by atoms with Crippen LogP contribution in [0.25, 0.3) is 0 Å². The first-order valence-corrected chi connectivity index (χ1v) is 8.67. The van der Waals surface area contributed by atoms with Gasteiger partial charge in [0, 0.05) is 13.0 Å². The van der Waals surface area contributed by atoms with E-state index >= 15 is 0 Å². The molecule has 0 saturated heterocycles. The normalized spacial score (nSPS) is 12.9. The van der Waals surface area contributed by atoms with Gasteiger partial charge in [0.1, 0.15) is 6.73 Å². The van der Waals surface area contributed by atoms with E-state index in [-0.39, 0.29) is 0 Å². The Bertz CT molecular complexity index is 303. The van der Waals surface area contributed by atoms with Gasteiger partial charge >= 0.3 is 5.97 Å². The van der Waals surface area contributed by atoms with Gasteiger partial charge in [-0.2, -0.15) is 0 Å². The van der Waals surface area contributed by atoms with Crippen molar-refractivity contribution in [2.24, 2.45) is 0 Å². The number of esters is 1. The monoisotopic (exact) mass is 259 g/mol. The minimum atomic E-state index is -1.75. The van der Waals surface area contributed by atoms with Crippen LogP contribution >= 0.6 is 0 Å². The number of methoxy groups -OCH3 is 2. The van der Waals surface area contributed by atoms with Crippen LogP contribution in [0.4, 0.5) is 0 Å². The van der Waals surface area contributed by atoms with Crippen molar-refractivity contribution < 1.29 is 18.7 Å². The summed E-state index contributed by atoms with van der Waals surface area (Å²) in [7, 11) is 2.96. The van der Waals surface area contributed by atoms with Gasteiger partial charge in [-0.3, -0.25) is 0 Å². The quantitative estimate of drug-likeness (QED) is 0.241. The van der Waals surface area contributed by atoms with Crippen molar-refractivity contribution in [1.82, 2.24) is 4.90 Å². The van der Waals surface area contributed by atoms with Gasteiger partial charge in [0.25, 0.3) is 0 Å². The van der Waals surface area contributed by atoms with E-state index in [1.54, 1.807) is 12.0 Å². The van der Waals surface area contributed by atoms with E-state index in [9.17, 15) is 4.79 Å². The summed E-state index contributed by atoms with van der Waals surface area (Å²) in [4.78, 5) is 12.8. The SMILES string of the molecule is COCN(C)C(C#CC(=O)OC)O[Si](C)(C)C. The van der Waals surface area contributed by atoms with Gasteiger partial charge in [-0.05, 0) is 32.6 Å². The zero-order valence-electron chi connectivity index (χ0n) is 11.4. The number of hydrogen-bond donors (Lipinski definition) is 0. The van der Waals surface area contributed by atoms with Crippen LogP contribution in [-0.4, -0.2) is 53.4 Å². The van der Waals surface area contributed by atoms with Crippen molar-refractivity contribution in [3.63, 3.8) is 0 Å². The summed E-state index contributed by atoms with van der Waals surface area (Å²) in [6.45, 7) is 6.55. The summed E-state index contributed by atoms with van der Waals surface area (Å²) in [5.41, 5.74) is 0. The highest BCUT2D eigenvalue weighted by atomic mass is 28.4. The Hall–Kier alpha value is -0.873. The average Bonchev–Trinajstić information content (AvgIpc) is 2.22. The molecule has 0 aliphatic heterocycles. The van der Waals surface area contributed by atoms with Crippen molar-refractivity contribution in [2.45, 2.75) is 25.9 Å². The molecule has 0 aromatic rings. The van der Waals surface area contributed by atoms with Crippen LogP contribution in [0.2, 0.25) is 19.6 Å². The summed E-state index contributed by atoms with van der Waals surface area (Å²) in [6, 6.07) is 0. The fourth-order valence-electron chi connectivity index (χ4n) is 1.01.